The van der Waals surface area contributed by atoms with Gasteiger partial charge < -0.3 is 10.2 Å². The summed E-state index contributed by atoms with van der Waals surface area (Å²) < 4.78 is 0. The molecule has 0 bridgehead atoms. The zero-order chi connectivity index (χ0) is 18.1. The van der Waals surface area contributed by atoms with Gasteiger partial charge in [-0.1, -0.05) is 47.5 Å². The van der Waals surface area contributed by atoms with Crippen molar-refractivity contribution in [1.82, 2.24) is 5.32 Å². The molecule has 0 saturated carbocycles. The highest BCUT2D eigenvalue weighted by Crippen LogP contribution is 2.24. The fraction of sp³-hybridized carbons (Fsp3) is 0.316. The highest BCUT2D eigenvalue weighted by atomic mass is 35.5. The monoisotopic (exact) mass is 396 g/mol. The van der Waals surface area contributed by atoms with E-state index in [0.717, 1.165) is 24.3 Å². The first kappa shape index (κ1) is 20.0. The maximum absolute atomic E-state index is 11.9. The molecular weight excluding hydrogens is 375 g/mol. The number of carbonyl (C=O) groups is 1. The number of halogens is 2. The molecule has 0 fully saturated rings. The molecule has 0 spiro atoms. The summed E-state index contributed by atoms with van der Waals surface area (Å²) in [6.07, 6.45) is 0.911. The minimum absolute atomic E-state index is 0.0624. The van der Waals surface area contributed by atoms with Gasteiger partial charge in [0.2, 0.25) is 5.91 Å². The Kier molecular flexibility index (Phi) is 8.45. The van der Waals surface area contributed by atoms with Gasteiger partial charge in [0.05, 0.1) is 15.8 Å². The Morgan fingerprint density at radius 1 is 1.12 bits per heavy atom. The molecule has 2 rings (SSSR count). The number of nitrogens with zero attached hydrogens (tertiary/aromatic N) is 1. The van der Waals surface area contributed by atoms with Crippen LogP contribution in [0.25, 0.3) is 0 Å². The van der Waals surface area contributed by atoms with E-state index in [2.05, 4.69) is 29.4 Å². The third-order valence-corrected chi connectivity index (χ3v) is 5.42. The van der Waals surface area contributed by atoms with Crippen LogP contribution < -0.4 is 10.2 Å². The maximum atomic E-state index is 11.9. The predicted molar refractivity (Wildman–Crippen MR) is 110 cm³/mol. The average molecular weight is 397 g/mol. The Bertz CT molecular complexity index is 682. The average Bonchev–Trinajstić information content (AvgIpc) is 2.62. The van der Waals surface area contributed by atoms with E-state index in [1.54, 1.807) is 17.8 Å². The third kappa shape index (κ3) is 7.18. The van der Waals surface area contributed by atoms with Crippen LogP contribution in [0.2, 0.25) is 10.0 Å². The van der Waals surface area contributed by atoms with Crippen LogP contribution >= 0.6 is 35.0 Å². The lowest BCUT2D eigenvalue weighted by atomic mass is 10.2. The van der Waals surface area contributed by atoms with E-state index in [1.165, 1.54) is 5.69 Å². The second kappa shape index (κ2) is 10.6. The molecule has 0 heterocycles. The number of thioether (sulfide) groups is 1. The van der Waals surface area contributed by atoms with Crippen LogP contribution in [0.3, 0.4) is 0 Å². The number of rotatable bonds is 9. The smallest absolute Gasteiger partial charge is 0.230 e. The molecule has 0 radical (unpaired) electrons. The Morgan fingerprint density at radius 2 is 1.88 bits per heavy atom. The lowest BCUT2D eigenvalue weighted by Crippen LogP contribution is -2.29. The summed E-state index contributed by atoms with van der Waals surface area (Å²) in [7, 11) is 2.06. The van der Waals surface area contributed by atoms with E-state index >= 15 is 0 Å². The molecule has 0 aromatic heterocycles. The van der Waals surface area contributed by atoms with Crippen molar-refractivity contribution in [3.05, 3.63) is 64.1 Å². The van der Waals surface area contributed by atoms with E-state index in [0.29, 0.717) is 22.3 Å². The van der Waals surface area contributed by atoms with Crippen LogP contribution in [0.15, 0.2) is 48.5 Å². The maximum Gasteiger partial charge on any atom is 0.230 e. The molecule has 0 unspecified atom stereocenters. The van der Waals surface area contributed by atoms with Gasteiger partial charge in [-0.25, -0.2) is 0 Å². The van der Waals surface area contributed by atoms with E-state index in [9.17, 15) is 4.79 Å². The molecule has 0 aliphatic rings. The molecule has 6 heteroatoms. The van der Waals surface area contributed by atoms with Crippen LogP contribution in [0, 0.1) is 0 Å². The zero-order valence-corrected chi connectivity index (χ0v) is 16.5. The van der Waals surface area contributed by atoms with Gasteiger partial charge >= 0.3 is 0 Å². The quantitative estimate of drug-likeness (QED) is 0.613. The Hall–Kier alpha value is -1.36. The molecule has 3 nitrogen and oxygen atoms in total. The number of nitrogens with one attached hydrogen (secondary N) is 1. The molecule has 0 aliphatic heterocycles. The number of hydrogen-bond acceptors (Lipinski definition) is 3. The van der Waals surface area contributed by atoms with Crippen molar-refractivity contribution < 1.29 is 4.79 Å². The highest BCUT2D eigenvalue weighted by Gasteiger charge is 2.04. The van der Waals surface area contributed by atoms with Gasteiger partial charge in [0.1, 0.15) is 0 Å². The van der Waals surface area contributed by atoms with E-state index < -0.39 is 0 Å². The Labute approximate surface area is 163 Å². The number of carbonyl (C=O) groups excluding carboxylic acids is 1. The number of anilines is 1. The lowest BCUT2D eigenvalue weighted by Gasteiger charge is -2.19. The van der Waals surface area contributed by atoms with Gasteiger partial charge in [-0.3, -0.25) is 4.79 Å². The highest BCUT2D eigenvalue weighted by molar-refractivity contribution is 7.99. The van der Waals surface area contributed by atoms with Crippen molar-refractivity contribution in [1.29, 1.82) is 0 Å². The number of hydrogen-bond donors (Lipinski definition) is 1. The normalized spacial score (nSPS) is 10.5. The van der Waals surface area contributed by atoms with Crippen LogP contribution in [0.5, 0.6) is 0 Å². The molecule has 0 atom stereocenters. The van der Waals surface area contributed by atoms with Crippen LogP contribution in [0.4, 0.5) is 5.69 Å². The molecular formula is C19H22Cl2N2OS. The summed E-state index contributed by atoms with van der Waals surface area (Å²) in [6.45, 7) is 1.59. The van der Waals surface area contributed by atoms with Crippen molar-refractivity contribution in [2.75, 3.05) is 30.8 Å². The Morgan fingerprint density at radius 3 is 2.60 bits per heavy atom. The summed E-state index contributed by atoms with van der Waals surface area (Å²) >= 11 is 13.4. The fourth-order valence-electron chi connectivity index (χ4n) is 2.30. The molecule has 0 aliphatic carbocycles. The molecule has 2 aromatic rings. The van der Waals surface area contributed by atoms with Crippen LogP contribution in [-0.2, 0) is 10.5 Å². The topological polar surface area (TPSA) is 32.3 Å². The second-order valence-electron chi connectivity index (χ2n) is 5.70. The molecule has 134 valence electrons. The van der Waals surface area contributed by atoms with Crippen LogP contribution in [-0.4, -0.2) is 31.8 Å². The van der Waals surface area contributed by atoms with E-state index in [4.69, 9.17) is 23.2 Å². The number of benzene rings is 2. The SMILES string of the molecule is CN(CCCNC(=O)CSCc1ccc(Cl)c(Cl)c1)c1ccccc1. The third-order valence-electron chi connectivity index (χ3n) is 3.68. The molecule has 25 heavy (non-hydrogen) atoms. The number of amides is 1. The molecule has 2 aromatic carbocycles. The van der Waals surface area contributed by atoms with Crippen molar-refractivity contribution in [3.8, 4) is 0 Å². The second-order valence-corrected chi connectivity index (χ2v) is 7.50. The summed E-state index contributed by atoms with van der Waals surface area (Å²) in [6, 6.07) is 15.8. The Balaban J connectivity index is 1.58. The number of para-hydroxylation sites is 1. The first-order valence-electron chi connectivity index (χ1n) is 8.11. The zero-order valence-electron chi connectivity index (χ0n) is 14.2. The van der Waals surface area contributed by atoms with Crippen molar-refractivity contribution in [2.24, 2.45) is 0 Å². The van der Waals surface area contributed by atoms with Gasteiger partial charge in [-0.2, -0.15) is 0 Å². The van der Waals surface area contributed by atoms with Crippen molar-refractivity contribution in [3.63, 3.8) is 0 Å². The lowest BCUT2D eigenvalue weighted by molar-refractivity contribution is -0.118. The fourth-order valence-corrected chi connectivity index (χ4v) is 3.42. The molecule has 0 saturated heterocycles. The van der Waals surface area contributed by atoms with Gasteiger partial charge in [0, 0.05) is 31.6 Å². The molecule has 1 amide bonds. The largest absolute Gasteiger partial charge is 0.375 e. The van der Waals surface area contributed by atoms with Gasteiger partial charge in [-0.15, -0.1) is 11.8 Å². The van der Waals surface area contributed by atoms with Crippen molar-refractivity contribution in [2.45, 2.75) is 12.2 Å². The van der Waals surface area contributed by atoms with Gasteiger partial charge in [-0.05, 0) is 36.2 Å². The summed E-state index contributed by atoms with van der Waals surface area (Å²) in [5.74, 6) is 1.24. The summed E-state index contributed by atoms with van der Waals surface area (Å²) in [5, 5.41) is 4.06. The predicted octanol–water partition coefficient (Wildman–Crippen LogP) is 4.87. The van der Waals surface area contributed by atoms with E-state index in [-0.39, 0.29) is 5.91 Å². The standard InChI is InChI=1S/C19H22Cl2N2OS/c1-23(16-6-3-2-4-7-16)11-5-10-22-19(24)14-25-13-15-8-9-17(20)18(21)12-15/h2-4,6-9,12H,5,10-11,13-14H2,1H3,(H,22,24). The van der Waals surface area contributed by atoms with Crippen molar-refractivity contribution >= 4 is 46.6 Å². The summed E-state index contributed by atoms with van der Waals surface area (Å²) in [5.41, 5.74) is 2.25. The van der Waals surface area contributed by atoms with Gasteiger partial charge in [0.25, 0.3) is 0 Å². The van der Waals surface area contributed by atoms with Crippen LogP contribution in [0.1, 0.15) is 12.0 Å². The summed E-state index contributed by atoms with van der Waals surface area (Å²) in [4.78, 5) is 14.1. The first-order valence-corrected chi connectivity index (χ1v) is 10.0. The molecule has 1 N–H and O–H groups in total. The van der Waals surface area contributed by atoms with E-state index in [1.807, 2.05) is 30.3 Å². The minimum atomic E-state index is 0.0624. The van der Waals surface area contributed by atoms with Gasteiger partial charge in [0.15, 0.2) is 0 Å². The minimum Gasteiger partial charge on any atom is -0.375 e. The first-order chi connectivity index (χ1) is 12.1.